The second kappa shape index (κ2) is 8.62. The third-order valence-corrected chi connectivity index (χ3v) is 2.98. The van der Waals surface area contributed by atoms with E-state index < -0.39 is 11.8 Å². The van der Waals surface area contributed by atoms with E-state index in [0.717, 1.165) is 6.42 Å². The van der Waals surface area contributed by atoms with Gasteiger partial charge in [0.25, 0.3) is 0 Å². The second-order valence-electron chi connectivity index (χ2n) is 4.61. The van der Waals surface area contributed by atoms with Crippen molar-refractivity contribution < 1.29 is 24.6 Å². The van der Waals surface area contributed by atoms with Crippen molar-refractivity contribution in [2.24, 2.45) is 0 Å². The zero-order chi connectivity index (χ0) is 15.0. The van der Waals surface area contributed by atoms with Gasteiger partial charge >= 0.3 is 0 Å². The molecular formula is C12H21N3O5. The maximum Gasteiger partial charge on any atom is 0.246 e. The zero-order valence-corrected chi connectivity index (χ0v) is 11.4. The Hall–Kier alpha value is -1.51. The lowest BCUT2D eigenvalue weighted by Crippen LogP contribution is -2.45. The fourth-order valence-corrected chi connectivity index (χ4v) is 2.03. The molecule has 3 amide bonds. The molecule has 1 aliphatic rings. The number of aliphatic hydroxyl groups excluding tert-OH is 2. The van der Waals surface area contributed by atoms with Gasteiger partial charge in [-0.25, -0.2) is 0 Å². The van der Waals surface area contributed by atoms with Crippen LogP contribution in [0.15, 0.2) is 0 Å². The van der Waals surface area contributed by atoms with E-state index in [1.165, 1.54) is 9.80 Å². The van der Waals surface area contributed by atoms with E-state index >= 15 is 0 Å². The molecule has 8 nitrogen and oxygen atoms in total. The number of amides is 3. The zero-order valence-electron chi connectivity index (χ0n) is 11.4. The van der Waals surface area contributed by atoms with E-state index in [-0.39, 0.29) is 45.3 Å². The molecular weight excluding hydrogens is 266 g/mol. The summed E-state index contributed by atoms with van der Waals surface area (Å²) in [5.41, 5.74) is 0. The summed E-state index contributed by atoms with van der Waals surface area (Å²) < 4.78 is 0. The van der Waals surface area contributed by atoms with E-state index in [2.05, 4.69) is 5.32 Å². The quantitative estimate of drug-likeness (QED) is 0.457. The summed E-state index contributed by atoms with van der Waals surface area (Å²) in [4.78, 5) is 37.5. The van der Waals surface area contributed by atoms with Crippen LogP contribution in [0.4, 0.5) is 0 Å². The highest BCUT2D eigenvalue weighted by atomic mass is 16.3. The van der Waals surface area contributed by atoms with Gasteiger partial charge in [-0.1, -0.05) is 0 Å². The molecule has 20 heavy (non-hydrogen) atoms. The lowest BCUT2D eigenvalue weighted by Gasteiger charge is -2.19. The molecule has 3 N–H and O–H groups in total. The molecule has 1 saturated heterocycles. The van der Waals surface area contributed by atoms with Gasteiger partial charge in [-0.15, -0.1) is 0 Å². The van der Waals surface area contributed by atoms with Crippen molar-refractivity contribution >= 4 is 17.7 Å². The van der Waals surface area contributed by atoms with Crippen molar-refractivity contribution in [3.63, 3.8) is 0 Å². The summed E-state index contributed by atoms with van der Waals surface area (Å²) in [6.45, 7) is 0.569. The first kappa shape index (κ1) is 16.5. The molecule has 0 radical (unpaired) electrons. The van der Waals surface area contributed by atoms with Crippen molar-refractivity contribution in [2.75, 3.05) is 45.9 Å². The fraction of sp³-hybridized carbons (Fsp3) is 0.750. The predicted molar refractivity (Wildman–Crippen MR) is 69.6 cm³/mol. The maximum atomic E-state index is 11.6. The largest absolute Gasteiger partial charge is 0.395 e. The van der Waals surface area contributed by atoms with Gasteiger partial charge in [-0.05, 0) is 6.42 Å². The maximum absolute atomic E-state index is 11.6. The minimum Gasteiger partial charge on any atom is -0.395 e. The van der Waals surface area contributed by atoms with Crippen molar-refractivity contribution in [1.82, 2.24) is 15.1 Å². The van der Waals surface area contributed by atoms with Gasteiger partial charge in [-0.2, -0.15) is 0 Å². The molecule has 1 heterocycles. The van der Waals surface area contributed by atoms with Gasteiger partial charge in [0.15, 0.2) is 0 Å². The summed E-state index contributed by atoms with van der Waals surface area (Å²) in [7, 11) is 0. The summed E-state index contributed by atoms with van der Waals surface area (Å²) in [5, 5.41) is 19.8. The first-order valence-electron chi connectivity index (χ1n) is 6.61. The van der Waals surface area contributed by atoms with Crippen LogP contribution < -0.4 is 5.32 Å². The number of aliphatic hydroxyl groups is 2. The Labute approximate surface area is 117 Å². The van der Waals surface area contributed by atoms with Crippen LogP contribution in [0, 0.1) is 0 Å². The normalized spacial score (nSPS) is 14.9. The van der Waals surface area contributed by atoms with Crippen molar-refractivity contribution in [3.8, 4) is 0 Å². The van der Waals surface area contributed by atoms with Crippen molar-refractivity contribution in [3.05, 3.63) is 0 Å². The lowest BCUT2D eigenvalue weighted by atomic mass is 10.4. The third kappa shape index (κ3) is 5.64. The first-order chi connectivity index (χ1) is 9.56. The molecule has 0 saturated carbocycles. The number of nitrogens with zero attached hydrogens (tertiary/aromatic N) is 2. The average Bonchev–Trinajstić information content (AvgIpc) is 2.75. The number of likely N-dealkylation sites (tertiary alicyclic amines) is 1. The fourth-order valence-electron chi connectivity index (χ4n) is 2.03. The van der Waals surface area contributed by atoms with Crippen molar-refractivity contribution in [1.29, 1.82) is 0 Å². The van der Waals surface area contributed by atoms with Gasteiger partial charge in [0.05, 0.1) is 26.3 Å². The monoisotopic (exact) mass is 287 g/mol. The molecule has 0 unspecified atom stereocenters. The van der Waals surface area contributed by atoms with E-state index in [1.54, 1.807) is 0 Å². The van der Waals surface area contributed by atoms with Crippen LogP contribution in [0.5, 0.6) is 0 Å². The number of hydrogen-bond acceptors (Lipinski definition) is 6. The molecule has 0 aliphatic carbocycles. The van der Waals surface area contributed by atoms with Gasteiger partial charge < -0.3 is 15.1 Å². The number of rotatable bonds is 8. The van der Waals surface area contributed by atoms with Crippen LogP contribution >= 0.6 is 0 Å². The van der Waals surface area contributed by atoms with E-state index in [0.29, 0.717) is 13.0 Å². The molecule has 0 bridgehead atoms. The van der Waals surface area contributed by atoms with Crippen molar-refractivity contribution in [2.45, 2.75) is 12.8 Å². The SMILES string of the molecule is O=C(CN(CCO)CCO)NC(=O)CN1CCCC1=O. The average molecular weight is 287 g/mol. The standard InChI is InChI=1S/C12H21N3O5/c16-6-4-14(5-7-17)8-10(18)13-11(19)9-15-3-1-2-12(15)20/h16-17H,1-9H2,(H,13,18,19). The highest BCUT2D eigenvalue weighted by Crippen LogP contribution is 2.08. The Balaban J connectivity index is 2.32. The Morgan fingerprint density at radius 2 is 1.85 bits per heavy atom. The molecule has 114 valence electrons. The highest BCUT2D eigenvalue weighted by Gasteiger charge is 2.23. The predicted octanol–water partition coefficient (Wildman–Crippen LogP) is -2.46. The summed E-state index contributed by atoms with van der Waals surface area (Å²) in [6, 6.07) is 0. The van der Waals surface area contributed by atoms with Crippen LogP contribution in [0.2, 0.25) is 0 Å². The Morgan fingerprint density at radius 1 is 1.20 bits per heavy atom. The number of imide groups is 1. The summed E-state index contributed by atoms with van der Waals surface area (Å²) in [6.07, 6.45) is 1.18. The van der Waals surface area contributed by atoms with Crippen LogP contribution in [-0.2, 0) is 14.4 Å². The Kier molecular flexibility index (Phi) is 7.13. The van der Waals surface area contributed by atoms with Gasteiger partial charge in [0.2, 0.25) is 17.7 Å². The topological polar surface area (TPSA) is 110 Å². The van der Waals surface area contributed by atoms with E-state index in [4.69, 9.17) is 10.2 Å². The molecule has 8 heteroatoms. The van der Waals surface area contributed by atoms with Crippen LogP contribution in [0.1, 0.15) is 12.8 Å². The van der Waals surface area contributed by atoms with Gasteiger partial charge in [0, 0.05) is 26.1 Å². The molecule has 1 rings (SSSR count). The van der Waals surface area contributed by atoms with Crippen LogP contribution in [-0.4, -0.2) is 83.7 Å². The van der Waals surface area contributed by atoms with Gasteiger partial charge in [0.1, 0.15) is 0 Å². The smallest absolute Gasteiger partial charge is 0.246 e. The number of carbonyl (C=O) groups excluding carboxylic acids is 3. The molecule has 1 aliphatic heterocycles. The molecule has 0 aromatic carbocycles. The number of hydrogen-bond donors (Lipinski definition) is 3. The minimum absolute atomic E-state index is 0.0743. The first-order valence-corrected chi connectivity index (χ1v) is 6.61. The Bertz CT molecular complexity index is 355. The Morgan fingerprint density at radius 3 is 2.35 bits per heavy atom. The van der Waals surface area contributed by atoms with E-state index in [9.17, 15) is 14.4 Å². The van der Waals surface area contributed by atoms with Crippen LogP contribution in [0.3, 0.4) is 0 Å². The van der Waals surface area contributed by atoms with Gasteiger partial charge in [-0.3, -0.25) is 24.6 Å². The minimum atomic E-state index is -0.516. The number of nitrogens with one attached hydrogen (secondary N) is 1. The molecule has 0 atom stereocenters. The summed E-state index contributed by atoms with van der Waals surface area (Å²) >= 11 is 0. The lowest BCUT2D eigenvalue weighted by molar-refractivity contribution is -0.136. The van der Waals surface area contributed by atoms with Crippen LogP contribution in [0.25, 0.3) is 0 Å². The number of carbonyl (C=O) groups is 3. The highest BCUT2D eigenvalue weighted by molar-refractivity contribution is 5.98. The third-order valence-electron chi connectivity index (χ3n) is 2.98. The second-order valence-corrected chi connectivity index (χ2v) is 4.61. The molecule has 0 aromatic rings. The molecule has 1 fully saturated rings. The molecule has 0 spiro atoms. The van der Waals surface area contributed by atoms with E-state index in [1.807, 2.05) is 0 Å². The molecule has 0 aromatic heterocycles. The summed E-state index contributed by atoms with van der Waals surface area (Å²) in [5.74, 6) is -1.10.